The second-order valence-corrected chi connectivity index (χ2v) is 7.38. The lowest BCUT2D eigenvalue weighted by Gasteiger charge is -2.11. The van der Waals surface area contributed by atoms with Gasteiger partial charge in [0.2, 0.25) is 0 Å². The standard InChI is InChI=1S/C25H32N4O/c1-8-10-20(23-15(2)11-9-12-16(23)3)14-21-18(5)29-25(30)24(21)19(6)28-22(26)13-17(4)27-7/h9-14,26-27,29-30H,5,8H2,1-4,6-7H3/b17-13-,20-10-,21-14+,26-22?,28-19?. The Kier molecular flexibility index (Phi) is 7.59. The number of aromatic hydroxyl groups is 1. The molecule has 0 unspecified atom stereocenters. The number of aryl methyl sites for hydroxylation is 2. The minimum Gasteiger partial charge on any atom is -0.494 e. The number of benzene rings is 1. The molecule has 0 aliphatic heterocycles. The third-order valence-corrected chi connectivity index (χ3v) is 4.99. The first kappa shape index (κ1) is 22.9. The van der Waals surface area contributed by atoms with E-state index in [4.69, 9.17) is 5.41 Å². The van der Waals surface area contributed by atoms with Crippen molar-refractivity contribution in [1.29, 1.82) is 5.41 Å². The Balaban J connectivity index is 2.71. The number of nitrogens with one attached hydrogen (secondary N) is 3. The van der Waals surface area contributed by atoms with Crippen LogP contribution in [0.25, 0.3) is 18.2 Å². The van der Waals surface area contributed by atoms with Crippen molar-refractivity contribution in [2.45, 2.75) is 41.0 Å². The molecule has 0 amide bonds. The number of aromatic amines is 1. The topological polar surface area (TPSA) is 84.3 Å². The van der Waals surface area contributed by atoms with Crippen molar-refractivity contribution in [1.82, 2.24) is 10.3 Å². The molecule has 2 rings (SSSR count). The summed E-state index contributed by atoms with van der Waals surface area (Å²) in [6.07, 6.45) is 6.74. The molecule has 0 saturated heterocycles. The van der Waals surface area contributed by atoms with E-state index in [1.54, 1.807) is 20.0 Å². The fourth-order valence-corrected chi connectivity index (χ4v) is 3.50. The molecule has 0 saturated carbocycles. The quantitative estimate of drug-likeness (QED) is 0.434. The first-order valence-corrected chi connectivity index (χ1v) is 10.1. The molecule has 0 spiro atoms. The fraction of sp³-hybridized carbons (Fsp3) is 0.280. The molecule has 1 heterocycles. The smallest absolute Gasteiger partial charge is 0.198 e. The van der Waals surface area contributed by atoms with Gasteiger partial charge in [0.15, 0.2) is 5.88 Å². The van der Waals surface area contributed by atoms with Crippen LogP contribution in [0.4, 0.5) is 0 Å². The molecule has 0 fully saturated rings. The summed E-state index contributed by atoms with van der Waals surface area (Å²) in [4.78, 5) is 7.28. The van der Waals surface area contributed by atoms with Crippen LogP contribution < -0.4 is 15.9 Å². The fourth-order valence-electron chi connectivity index (χ4n) is 3.50. The van der Waals surface area contributed by atoms with E-state index < -0.39 is 0 Å². The number of H-pyrrole nitrogens is 1. The molecule has 0 atom stereocenters. The summed E-state index contributed by atoms with van der Waals surface area (Å²) >= 11 is 0. The summed E-state index contributed by atoms with van der Waals surface area (Å²) in [7, 11) is 1.80. The van der Waals surface area contributed by atoms with E-state index >= 15 is 0 Å². The number of hydrogen-bond acceptors (Lipinski definition) is 3. The highest BCUT2D eigenvalue weighted by Gasteiger charge is 2.13. The minimum atomic E-state index is 0.00646. The summed E-state index contributed by atoms with van der Waals surface area (Å²) in [5.74, 6) is 0.113. The Bertz CT molecular complexity index is 1130. The lowest BCUT2D eigenvalue weighted by atomic mass is 9.93. The average Bonchev–Trinajstić information content (AvgIpc) is 2.94. The third kappa shape index (κ3) is 5.17. The molecular weight excluding hydrogens is 372 g/mol. The summed E-state index contributed by atoms with van der Waals surface area (Å²) in [6, 6.07) is 6.26. The summed E-state index contributed by atoms with van der Waals surface area (Å²) in [5.41, 5.74) is 6.59. The second kappa shape index (κ2) is 9.92. The molecule has 30 heavy (non-hydrogen) atoms. The van der Waals surface area contributed by atoms with Crippen LogP contribution in [-0.4, -0.2) is 28.7 Å². The predicted octanol–water partition coefficient (Wildman–Crippen LogP) is 3.93. The van der Waals surface area contributed by atoms with Crippen LogP contribution in [0.2, 0.25) is 0 Å². The zero-order chi connectivity index (χ0) is 22.4. The van der Waals surface area contributed by atoms with Crippen molar-refractivity contribution in [3.05, 3.63) is 68.9 Å². The maximum atomic E-state index is 10.5. The maximum Gasteiger partial charge on any atom is 0.198 e. The number of rotatable bonds is 6. The molecule has 4 N–H and O–H groups in total. The van der Waals surface area contributed by atoms with E-state index in [1.165, 1.54) is 16.7 Å². The Hall–Kier alpha value is -3.34. The lowest BCUT2D eigenvalue weighted by Crippen LogP contribution is -2.25. The van der Waals surface area contributed by atoms with Gasteiger partial charge in [-0.25, -0.2) is 4.99 Å². The summed E-state index contributed by atoms with van der Waals surface area (Å²) in [6.45, 7) is 14.0. The van der Waals surface area contributed by atoms with Gasteiger partial charge in [-0.05, 0) is 62.5 Å². The predicted molar refractivity (Wildman–Crippen MR) is 129 cm³/mol. The molecule has 0 aliphatic rings. The first-order valence-electron chi connectivity index (χ1n) is 10.1. The molecule has 1 aromatic carbocycles. The Morgan fingerprint density at radius 2 is 1.87 bits per heavy atom. The van der Waals surface area contributed by atoms with Crippen LogP contribution in [0, 0.1) is 19.3 Å². The maximum absolute atomic E-state index is 10.5. The van der Waals surface area contributed by atoms with E-state index in [-0.39, 0.29) is 11.7 Å². The highest BCUT2D eigenvalue weighted by atomic mass is 16.3. The van der Waals surface area contributed by atoms with Gasteiger partial charge >= 0.3 is 0 Å². The van der Waals surface area contributed by atoms with E-state index in [9.17, 15) is 5.11 Å². The van der Waals surface area contributed by atoms with Crippen molar-refractivity contribution in [2.75, 3.05) is 7.05 Å². The molecule has 0 aliphatic carbocycles. The van der Waals surface area contributed by atoms with Crippen molar-refractivity contribution in [2.24, 2.45) is 4.99 Å². The molecular formula is C25H32N4O. The Labute approximate surface area is 178 Å². The number of aromatic nitrogens is 1. The van der Waals surface area contributed by atoms with Gasteiger partial charge in [0, 0.05) is 29.4 Å². The second-order valence-electron chi connectivity index (χ2n) is 7.38. The van der Waals surface area contributed by atoms with E-state index in [1.807, 2.05) is 13.0 Å². The van der Waals surface area contributed by atoms with Gasteiger partial charge < -0.3 is 15.4 Å². The number of nitrogens with zero attached hydrogens (tertiary/aromatic N) is 1. The molecule has 0 bridgehead atoms. The van der Waals surface area contributed by atoms with Crippen molar-refractivity contribution >= 4 is 29.8 Å². The number of allylic oxidation sites excluding steroid dienone is 3. The minimum absolute atomic E-state index is 0.00646. The van der Waals surface area contributed by atoms with Crippen molar-refractivity contribution < 1.29 is 5.11 Å². The molecule has 1 aromatic heterocycles. The van der Waals surface area contributed by atoms with E-state index in [0.29, 0.717) is 16.6 Å². The monoisotopic (exact) mass is 404 g/mol. The normalized spacial score (nSPS) is 13.7. The number of amidine groups is 1. The first-order chi connectivity index (χ1) is 14.2. The Morgan fingerprint density at radius 3 is 2.43 bits per heavy atom. The van der Waals surface area contributed by atoms with E-state index in [0.717, 1.165) is 22.9 Å². The van der Waals surface area contributed by atoms with Gasteiger partial charge in [-0.1, -0.05) is 37.8 Å². The third-order valence-electron chi connectivity index (χ3n) is 4.99. The average molecular weight is 405 g/mol. The molecule has 5 nitrogen and oxygen atoms in total. The number of aliphatic imine (C=N–C) groups is 1. The zero-order valence-electron chi connectivity index (χ0n) is 18.8. The Morgan fingerprint density at radius 1 is 1.23 bits per heavy atom. The van der Waals surface area contributed by atoms with E-state index in [2.05, 4.69) is 66.9 Å². The highest BCUT2D eigenvalue weighted by Crippen LogP contribution is 2.25. The van der Waals surface area contributed by atoms with Gasteiger partial charge in [0.25, 0.3) is 0 Å². The SMILES string of the molecule is C=c1[nH]c(O)c(C(C)=NC(=N)/C=C(/C)NC)/c1=C/C(=C/CC)c1c(C)cccc1C. The molecule has 158 valence electrons. The van der Waals surface area contributed by atoms with Crippen LogP contribution in [-0.2, 0) is 0 Å². The zero-order valence-corrected chi connectivity index (χ0v) is 18.8. The largest absolute Gasteiger partial charge is 0.494 e. The van der Waals surface area contributed by atoms with Crippen molar-refractivity contribution in [3.8, 4) is 5.88 Å². The lowest BCUT2D eigenvalue weighted by molar-refractivity contribution is 0.455. The van der Waals surface area contributed by atoms with Crippen LogP contribution in [0.15, 0.2) is 41.0 Å². The summed E-state index contributed by atoms with van der Waals surface area (Å²) in [5, 5.41) is 23.0. The van der Waals surface area contributed by atoms with Gasteiger partial charge in [-0.15, -0.1) is 0 Å². The summed E-state index contributed by atoms with van der Waals surface area (Å²) < 4.78 is 0. The molecule has 5 heteroatoms. The van der Waals surface area contributed by atoms with Gasteiger partial charge in [-0.2, -0.15) is 0 Å². The van der Waals surface area contributed by atoms with Gasteiger partial charge in [-0.3, -0.25) is 5.41 Å². The van der Waals surface area contributed by atoms with Crippen LogP contribution in [0.1, 0.15) is 49.4 Å². The molecule has 2 aromatic rings. The highest BCUT2D eigenvalue weighted by molar-refractivity contribution is 6.10. The van der Waals surface area contributed by atoms with Crippen LogP contribution in [0.5, 0.6) is 5.88 Å². The molecule has 0 radical (unpaired) electrons. The van der Waals surface area contributed by atoms with Gasteiger partial charge in [0.05, 0.1) is 11.3 Å². The van der Waals surface area contributed by atoms with Crippen molar-refractivity contribution in [3.63, 3.8) is 0 Å². The van der Waals surface area contributed by atoms with Gasteiger partial charge in [0.1, 0.15) is 5.84 Å². The van der Waals surface area contributed by atoms with Crippen LogP contribution in [0.3, 0.4) is 0 Å². The van der Waals surface area contributed by atoms with Crippen LogP contribution >= 0.6 is 0 Å². The number of hydrogen-bond donors (Lipinski definition) is 4.